The lowest BCUT2D eigenvalue weighted by atomic mass is 10.3. The predicted octanol–water partition coefficient (Wildman–Crippen LogP) is 2.51. The molecule has 0 aromatic carbocycles. The maximum Gasteiger partial charge on any atom is 0.0897 e. The molecule has 1 aromatic heterocycles. The van der Waals surface area contributed by atoms with Crippen LogP contribution >= 0.6 is 11.3 Å². The van der Waals surface area contributed by atoms with E-state index in [4.69, 9.17) is 0 Å². The van der Waals surface area contributed by atoms with Crippen LogP contribution in [0.2, 0.25) is 0 Å². The highest BCUT2D eigenvalue weighted by Crippen LogP contribution is 2.06. The van der Waals surface area contributed by atoms with Crippen molar-refractivity contribution in [3.8, 4) is 0 Å². The van der Waals surface area contributed by atoms with Gasteiger partial charge in [0.2, 0.25) is 0 Å². The summed E-state index contributed by atoms with van der Waals surface area (Å²) in [5.74, 6) is 0. The molecule has 0 atom stereocenters. The molecule has 3 heteroatoms. The van der Waals surface area contributed by atoms with Crippen LogP contribution in [0, 0.1) is 6.92 Å². The highest BCUT2D eigenvalue weighted by atomic mass is 32.1. The second-order valence-electron chi connectivity index (χ2n) is 2.89. The molecule has 0 radical (unpaired) electrons. The standard InChI is InChI=1S/C10H16N2S/c1-3-4-5-6-11-7-10-8-13-9(2)12-10/h3-4,8,11H,5-7H2,1-2H3/b4-3+. The number of nitrogens with zero attached hydrogens (tertiary/aromatic N) is 1. The van der Waals surface area contributed by atoms with E-state index < -0.39 is 0 Å². The number of thiazole rings is 1. The van der Waals surface area contributed by atoms with Crippen LogP contribution < -0.4 is 5.32 Å². The van der Waals surface area contributed by atoms with Crippen LogP contribution in [0.5, 0.6) is 0 Å². The number of allylic oxidation sites excluding steroid dienone is 1. The summed E-state index contributed by atoms with van der Waals surface area (Å²) in [7, 11) is 0. The first-order chi connectivity index (χ1) is 6.33. The van der Waals surface area contributed by atoms with Crippen LogP contribution in [-0.2, 0) is 6.54 Å². The molecule has 0 aliphatic rings. The highest BCUT2D eigenvalue weighted by molar-refractivity contribution is 7.09. The van der Waals surface area contributed by atoms with Crippen molar-refractivity contribution in [1.82, 2.24) is 10.3 Å². The maximum atomic E-state index is 4.37. The van der Waals surface area contributed by atoms with E-state index in [0.717, 1.165) is 30.2 Å². The Morgan fingerprint density at radius 1 is 1.62 bits per heavy atom. The lowest BCUT2D eigenvalue weighted by Crippen LogP contribution is -2.14. The van der Waals surface area contributed by atoms with Gasteiger partial charge in [-0.15, -0.1) is 11.3 Å². The highest BCUT2D eigenvalue weighted by Gasteiger charge is 1.95. The van der Waals surface area contributed by atoms with Crippen molar-refractivity contribution in [2.24, 2.45) is 0 Å². The van der Waals surface area contributed by atoms with E-state index in [-0.39, 0.29) is 0 Å². The van der Waals surface area contributed by atoms with Gasteiger partial charge in [-0.3, -0.25) is 0 Å². The summed E-state index contributed by atoms with van der Waals surface area (Å²) in [4.78, 5) is 4.37. The van der Waals surface area contributed by atoms with Gasteiger partial charge in [0.1, 0.15) is 0 Å². The van der Waals surface area contributed by atoms with Crippen LogP contribution in [-0.4, -0.2) is 11.5 Å². The molecule has 0 saturated carbocycles. The largest absolute Gasteiger partial charge is 0.311 e. The van der Waals surface area contributed by atoms with Crippen molar-refractivity contribution < 1.29 is 0 Å². The molecule has 72 valence electrons. The predicted molar refractivity (Wildman–Crippen MR) is 58.0 cm³/mol. The zero-order chi connectivity index (χ0) is 9.52. The van der Waals surface area contributed by atoms with Crippen LogP contribution in [0.3, 0.4) is 0 Å². The number of aryl methyl sites for hydroxylation is 1. The monoisotopic (exact) mass is 196 g/mol. The fraction of sp³-hybridized carbons (Fsp3) is 0.500. The smallest absolute Gasteiger partial charge is 0.0897 e. The van der Waals surface area contributed by atoms with E-state index in [1.54, 1.807) is 11.3 Å². The van der Waals surface area contributed by atoms with Crippen LogP contribution in [0.1, 0.15) is 24.0 Å². The minimum Gasteiger partial charge on any atom is -0.311 e. The number of aromatic nitrogens is 1. The van der Waals surface area contributed by atoms with Crippen molar-refractivity contribution >= 4 is 11.3 Å². The van der Waals surface area contributed by atoms with E-state index in [1.807, 2.05) is 13.8 Å². The third kappa shape index (κ3) is 4.20. The quantitative estimate of drug-likeness (QED) is 0.578. The van der Waals surface area contributed by atoms with E-state index >= 15 is 0 Å². The van der Waals surface area contributed by atoms with E-state index in [9.17, 15) is 0 Å². The summed E-state index contributed by atoms with van der Waals surface area (Å²) >= 11 is 1.71. The summed E-state index contributed by atoms with van der Waals surface area (Å²) in [5, 5.41) is 6.60. The molecule has 0 bridgehead atoms. The Kier molecular flexibility index (Phi) is 4.72. The Balaban J connectivity index is 2.13. The first-order valence-electron chi connectivity index (χ1n) is 4.56. The Morgan fingerprint density at radius 3 is 3.08 bits per heavy atom. The zero-order valence-electron chi connectivity index (χ0n) is 8.21. The Morgan fingerprint density at radius 2 is 2.46 bits per heavy atom. The van der Waals surface area contributed by atoms with Gasteiger partial charge in [0, 0.05) is 11.9 Å². The van der Waals surface area contributed by atoms with Crippen LogP contribution in [0.25, 0.3) is 0 Å². The molecule has 13 heavy (non-hydrogen) atoms. The van der Waals surface area contributed by atoms with Gasteiger partial charge in [-0.25, -0.2) is 4.98 Å². The van der Waals surface area contributed by atoms with Crippen molar-refractivity contribution in [2.75, 3.05) is 6.54 Å². The topological polar surface area (TPSA) is 24.9 Å². The molecule has 0 unspecified atom stereocenters. The summed E-state index contributed by atoms with van der Waals surface area (Å²) < 4.78 is 0. The first-order valence-corrected chi connectivity index (χ1v) is 5.43. The molecular formula is C10H16N2S. The molecule has 1 aromatic rings. The third-order valence-electron chi connectivity index (χ3n) is 1.70. The molecule has 0 fully saturated rings. The number of hydrogen-bond donors (Lipinski definition) is 1. The SMILES string of the molecule is C/C=C/CCNCc1csc(C)n1. The molecule has 0 amide bonds. The Hall–Kier alpha value is -0.670. The van der Waals surface area contributed by atoms with Crippen molar-refractivity contribution in [3.05, 3.63) is 28.2 Å². The summed E-state index contributed by atoms with van der Waals surface area (Å²) in [6.07, 6.45) is 5.34. The second-order valence-corrected chi connectivity index (χ2v) is 3.95. The molecule has 1 rings (SSSR count). The first kappa shape index (κ1) is 10.4. The summed E-state index contributed by atoms with van der Waals surface area (Å²) in [5.41, 5.74) is 1.16. The maximum absolute atomic E-state index is 4.37. The minimum absolute atomic E-state index is 0.891. The number of rotatable bonds is 5. The van der Waals surface area contributed by atoms with Crippen LogP contribution in [0.4, 0.5) is 0 Å². The fourth-order valence-corrected chi connectivity index (χ4v) is 1.67. The molecule has 2 nitrogen and oxygen atoms in total. The van der Waals surface area contributed by atoms with Gasteiger partial charge in [0.25, 0.3) is 0 Å². The number of nitrogens with one attached hydrogen (secondary N) is 1. The van der Waals surface area contributed by atoms with Gasteiger partial charge in [-0.1, -0.05) is 12.2 Å². The van der Waals surface area contributed by atoms with Crippen LogP contribution in [0.15, 0.2) is 17.5 Å². The Bertz CT molecular complexity index is 266. The van der Waals surface area contributed by atoms with Gasteiger partial charge in [0.05, 0.1) is 10.7 Å². The molecule has 0 saturated heterocycles. The molecular weight excluding hydrogens is 180 g/mol. The van der Waals surface area contributed by atoms with Crippen molar-refractivity contribution in [2.45, 2.75) is 26.8 Å². The average Bonchev–Trinajstić information content (AvgIpc) is 2.51. The summed E-state index contributed by atoms with van der Waals surface area (Å²) in [6, 6.07) is 0. The lowest BCUT2D eigenvalue weighted by Gasteiger charge is -1.98. The molecule has 0 aliphatic carbocycles. The van der Waals surface area contributed by atoms with E-state index in [1.165, 1.54) is 0 Å². The van der Waals surface area contributed by atoms with Gasteiger partial charge in [0.15, 0.2) is 0 Å². The van der Waals surface area contributed by atoms with E-state index in [0.29, 0.717) is 0 Å². The fourth-order valence-electron chi connectivity index (χ4n) is 1.06. The average molecular weight is 196 g/mol. The lowest BCUT2D eigenvalue weighted by molar-refractivity contribution is 0.684. The molecule has 0 spiro atoms. The van der Waals surface area contributed by atoms with Gasteiger partial charge >= 0.3 is 0 Å². The van der Waals surface area contributed by atoms with Crippen molar-refractivity contribution in [1.29, 1.82) is 0 Å². The number of hydrogen-bond acceptors (Lipinski definition) is 3. The minimum atomic E-state index is 0.891. The Labute approximate surface area is 83.7 Å². The molecule has 1 N–H and O–H groups in total. The normalized spacial score (nSPS) is 11.2. The summed E-state index contributed by atoms with van der Waals surface area (Å²) in [6.45, 7) is 6.00. The molecule has 0 aliphatic heterocycles. The van der Waals surface area contributed by atoms with Gasteiger partial charge in [-0.2, -0.15) is 0 Å². The zero-order valence-corrected chi connectivity index (χ0v) is 9.03. The van der Waals surface area contributed by atoms with Crippen molar-refractivity contribution in [3.63, 3.8) is 0 Å². The molecule has 1 heterocycles. The van der Waals surface area contributed by atoms with Gasteiger partial charge in [-0.05, 0) is 26.8 Å². The third-order valence-corrected chi connectivity index (χ3v) is 2.52. The van der Waals surface area contributed by atoms with E-state index in [2.05, 4.69) is 27.8 Å². The van der Waals surface area contributed by atoms with Gasteiger partial charge < -0.3 is 5.32 Å². The second kappa shape index (κ2) is 5.89.